The second-order valence-electron chi connectivity index (χ2n) is 3.45. The first-order chi connectivity index (χ1) is 9.25. The van der Waals surface area contributed by atoms with E-state index in [4.69, 9.17) is 9.63 Å². The number of aromatic carboxylic acids is 1. The van der Waals surface area contributed by atoms with Gasteiger partial charge in [-0.3, -0.25) is 4.98 Å². The van der Waals surface area contributed by atoms with Gasteiger partial charge in [0.1, 0.15) is 11.4 Å². The summed E-state index contributed by atoms with van der Waals surface area (Å²) in [4.78, 5) is 29.2. The molecule has 0 atom stereocenters. The van der Waals surface area contributed by atoms with Gasteiger partial charge in [-0.25, -0.2) is 14.8 Å². The summed E-state index contributed by atoms with van der Waals surface area (Å²) in [6.45, 7) is 0. The maximum Gasteiger partial charge on any atom is 0.356 e. The summed E-state index contributed by atoms with van der Waals surface area (Å²) >= 11 is 0. The normalized spacial score (nSPS) is 10.5. The van der Waals surface area contributed by atoms with E-state index >= 15 is 0 Å². The van der Waals surface area contributed by atoms with Crippen LogP contribution in [0.15, 0.2) is 29.4 Å². The van der Waals surface area contributed by atoms with Crippen molar-refractivity contribution < 1.29 is 14.4 Å². The summed E-state index contributed by atoms with van der Waals surface area (Å²) < 4.78 is 4.99. The number of carbonyl (C=O) groups is 1. The summed E-state index contributed by atoms with van der Waals surface area (Å²) in [5.41, 5.74) is 0.387. The minimum Gasteiger partial charge on any atom is -0.476 e. The van der Waals surface area contributed by atoms with Crippen molar-refractivity contribution in [1.82, 2.24) is 30.1 Å². The van der Waals surface area contributed by atoms with Gasteiger partial charge in [0.25, 0.3) is 5.89 Å². The molecule has 0 aliphatic carbocycles. The number of imidazole rings is 1. The Morgan fingerprint density at radius 2 is 2.21 bits per heavy atom. The standard InChI is InChI=1S/C10H6N6O3/c17-10(18)7-6(13-4-14-7)9-15-8(16-19-9)5-3-11-1-2-12-5/h1-4H,(H,13,14)(H,17,18). The van der Waals surface area contributed by atoms with Gasteiger partial charge in [-0.2, -0.15) is 4.98 Å². The predicted octanol–water partition coefficient (Wildman–Crippen LogP) is 0.615. The van der Waals surface area contributed by atoms with Crippen molar-refractivity contribution in [1.29, 1.82) is 0 Å². The van der Waals surface area contributed by atoms with Crippen LogP contribution < -0.4 is 0 Å². The number of nitrogens with zero attached hydrogens (tertiary/aromatic N) is 5. The fourth-order valence-electron chi connectivity index (χ4n) is 1.46. The molecule has 2 N–H and O–H groups in total. The molecule has 0 saturated carbocycles. The van der Waals surface area contributed by atoms with E-state index in [9.17, 15) is 4.79 Å². The van der Waals surface area contributed by atoms with Gasteiger partial charge < -0.3 is 14.6 Å². The number of hydrogen-bond donors (Lipinski definition) is 2. The van der Waals surface area contributed by atoms with E-state index in [0.29, 0.717) is 5.69 Å². The van der Waals surface area contributed by atoms with Crippen molar-refractivity contribution in [3.05, 3.63) is 30.6 Å². The number of nitrogens with one attached hydrogen (secondary N) is 1. The van der Waals surface area contributed by atoms with Crippen LogP contribution in [0.2, 0.25) is 0 Å². The zero-order chi connectivity index (χ0) is 13.2. The van der Waals surface area contributed by atoms with Crippen molar-refractivity contribution in [2.24, 2.45) is 0 Å². The Morgan fingerprint density at radius 1 is 1.32 bits per heavy atom. The highest BCUT2D eigenvalue weighted by molar-refractivity contribution is 5.91. The molecule has 0 saturated heterocycles. The third kappa shape index (κ3) is 1.92. The highest BCUT2D eigenvalue weighted by Crippen LogP contribution is 2.21. The lowest BCUT2D eigenvalue weighted by atomic mass is 10.3. The summed E-state index contributed by atoms with van der Waals surface area (Å²) in [6, 6.07) is 0. The fourth-order valence-corrected chi connectivity index (χ4v) is 1.46. The number of carboxylic acid groups (broad SMARTS) is 1. The highest BCUT2D eigenvalue weighted by atomic mass is 16.5. The van der Waals surface area contributed by atoms with Gasteiger partial charge in [0.05, 0.1) is 12.5 Å². The maximum absolute atomic E-state index is 10.9. The van der Waals surface area contributed by atoms with Crippen molar-refractivity contribution in [3.63, 3.8) is 0 Å². The van der Waals surface area contributed by atoms with E-state index in [1.54, 1.807) is 0 Å². The van der Waals surface area contributed by atoms with Crippen LogP contribution in [-0.4, -0.2) is 41.2 Å². The van der Waals surface area contributed by atoms with Crippen LogP contribution in [0.25, 0.3) is 23.1 Å². The first-order valence-corrected chi connectivity index (χ1v) is 5.13. The second-order valence-corrected chi connectivity index (χ2v) is 3.45. The van der Waals surface area contributed by atoms with Gasteiger partial charge in [-0.05, 0) is 0 Å². The lowest BCUT2D eigenvalue weighted by Crippen LogP contribution is -1.99. The van der Waals surface area contributed by atoms with E-state index in [0.717, 1.165) is 0 Å². The third-order valence-electron chi connectivity index (χ3n) is 2.27. The second kappa shape index (κ2) is 4.29. The van der Waals surface area contributed by atoms with Crippen molar-refractivity contribution in [3.8, 4) is 23.1 Å². The molecule has 3 heterocycles. The molecule has 0 aliphatic rings. The van der Waals surface area contributed by atoms with E-state index < -0.39 is 5.97 Å². The van der Waals surface area contributed by atoms with E-state index in [1.165, 1.54) is 24.9 Å². The van der Waals surface area contributed by atoms with Crippen LogP contribution in [0.1, 0.15) is 10.5 Å². The number of aromatic amines is 1. The molecule has 3 aromatic rings. The first-order valence-electron chi connectivity index (χ1n) is 5.13. The van der Waals surface area contributed by atoms with E-state index in [-0.39, 0.29) is 23.1 Å². The quantitative estimate of drug-likeness (QED) is 0.698. The number of rotatable bonds is 3. The van der Waals surface area contributed by atoms with E-state index in [1.807, 2.05) is 0 Å². The average Bonchev–Trinajstić information content (AvgIpc) is 3.08. The molecule has 0 bridgehead atoms. The Kier molecular flexibility index (Phi) is 2.49. The monoisotopic (exact) mass is 258 g/mol. The molecule has 3 rings (SSSR count). The van der Waals surface area contributed by atoms with Crippen LogP contribution in [0.3, 0.4) is 0 Å². The van der Waals surface area contributed by atoms with Crippen molar-refractivity contribution in [2.75, 3.05) is 0 Å². The molecular weight excluding hydrogens is 252 g/mol. The molecular formula is C10H6N6O3. The third-order valence-corrected chi connectivity index (χ3v) is 2.27. The average molecular weight is 258 g/mol. The van der Waals surface area contributed by atoms with Gasteiger partial charge in [0, 0.05) is 12.4 Å². The van der Waals surface area contributed by atoms with Gasteiger partial charge >= 0.3 is 5.97 Å². The molecule has 9 heteroatoms. The van der Waals surface area contributed by atoms with Crippen LogP contribution in [0.4, 0.5) is 0 Å². The topological polar surface area (TPSA) is 131 Å². The van der Waals surface area contributed by atoms with Crippen LogP contribution in [0, 0.1) is 0 Å². The zero-order valence-electron chi connectivity index (χ0n) is 9.31. The SMILES string of the molecule is O=C(O)c1nc[nH]c1-c1nc(-c2cnccn2)no1. The smallest absolute Gasteiger partial charge is 0.356 e. The lowest BCUT2D eigenvalue weighted by Gasteiger charge is -1.91. The molecule has 0 spiro atoms. The fraction of sp³-hybridized carbons (Fsp3) is 0. The summed E-state index contributed by atoms with van der Waals surface area (Å²) in [5, 5.41) is 12.7. The number of carboxylic acids is 1. The van der Waals surface area contributed by atoms with E-state index in [2.05, 4.69) is 30.1 Å². The van der Waals surface area contributed by atoms with Crippen LogP contribution in [-0.2, 0) is 0 Å². The molecule has 19 heavy (non-hydrogen) atoms. The molecule has 0 aliphatic heterocycles. The highest BCUT2D eigenvalue weighted by Gasteiger charge is 2.20. The minimum absolute atomic E-state index is 0.0237. The Balaban J connectivity index is 2.02. The van der Waals surface area contributed by atoms with Gasteiger partial charge in [0.2, 0.25) is 5.82 Å². The number of H-pyrrole nitrogens is 1. The van der Waals surface area contributed by atoms with Crippen LogP contribution >= 0.6 is 0 Å². The Labute approximate surface area is 105 Å². The maximum atomic E-state index is 10.9. The minimum atomic E-state index is -1.18. The summed E-state index contributed by atoms with van der Waals surface area (Å²) in [5.74, 6) is -0.944. The van der Waals surface area contributed by atoms with Gasteiger partial charge in [0.15, 0.2) is 5.69 Å². The predicted molar refractivity (Wildman–Crippen MR) is 59.9 cm³/mol. The summed E-state index contributed by atoms with van der Waals surface area (Å²) in [6.07, 6.45) is 5.72. The molecule has 3 aromatic heterocycles. The number of aromatic nitrogens is 6. The van der Waals surface area contributed by atoms with Gasteiger partial charge in [-0.1, -0.05) is 5.16 Å². The van der Waals surface area contributed by atoms with Crippen molar-refractivity contribution in [2.45, 2.75) is 0 Å². The lowest BCUT2D eigenvalue weighted by molar-refractivity contribution is 0.0691. The molecule has 0 amide bonds. The Hall–Kier alpha value is -3.10. The summed E-state index contributed by atoms with van der Waals surface area (Å²) in [7, 11) is 0. The van der Waals surface area contributed by atoms with Gasteiger partial charge in [-0.15, -0.1) is 0 Å². The molecule has 9 nitrogen and oxygen atoms in total. The number of hydrogen-bond acceptors (Lipinski definition) is 7. The zero-order valence-corrected chi connectivity index (χ0v) is 9.31. The Bertz CT molecular complexity index is 720. The molecule has 0 unspecified atom stereocenters. The molecule has 0 fully saturated rings. The van der Waals surface area contributed by atoms with Crippen molar-refractivity contribution >= 4 is 5.97 Å². The largest absolute Gasteiger partial charge is 0.476 e. The molecule has 94 valence electrons. The Morgan fingerprint density at radius 3 is 2.95 bits per heavy atom. The first kappa shape index (κ1) is 11.0. The molecule has 0 radical (unpaired) electrons. The molecule has 0 aromatic carbocycles. The van der Waals surface area contributed by atoms with Crippen LogP contribution in [0.5, 0.6) is 0 Å².